The quantitative estimate of drug-likeness (QED) is 0.875. The van der Waals surface area contributed by atoms with Gasteiger partial charge in [-0.1, -0.05) is 25.9 Å². The minimum Gasteiger partial charge on any atom is -0.451 e. The minimum atomic E-state index is -0.504. The van der Waals surface area contributed by atoms with Crippen molar-refractivity contribution in [2.75, 3.05) is 11.9 Å². The molecule has 0 aliphatic heterocycles. The van der Waals surface area contributed by atoms with Gasteiger partial charge in [0.05, 0.1) is 5.69 Å². The number of carbonyl (C=O) groups is 2. The van der Waals surface area contributed by atoms with E-state index in [-0.39, 0.29) is 17.9 Å². The van der Waals surface area contributed by atoms with Gasteiger partial charge in [0, 0.05) is 11.5 Å². The first-order valence-corrected chi connectivity index (χ1v) is 7.63. The van der Waals surface area contributed by atoms with E-state index in [0.717, 1.165) is 11.3 Å². The molecule has 2 aromatic rings. The molecule has 118 valence electrons. The summed E-state index contributed by atoms with van der Waals surface area (Å²) in [6.07, 6.45) is 0. The van der Waals surface area contributed by atoms with Crippen LogP contribution in [0.4, 0.5) is 5.88 Å². The van der Waals surface area contributed by atoms with Crippen molar-refractivity contribution in [1.82, 2.24) is 5.16 Å². The second kappa shape index (κ2) is 6.31. The molecule has 2 heterocycles. The van der Waals surface area contributed by atoms with Crippen molar-refractivity contribution in [2.24, 2.45) is 0 Å². The van der Waals surface area contributed by atoms with Crippen LogP contribution in [0.3, 0.4) is 0 Å². The van der Waals surface area contributed by atoms with Crippen molar-refractivity contribution in [3.63, 3.8) is 0 Å². The van der Waals surface area contributed by atoms with E-state index in [4.69, 9.17) is 9.26 Å². The van der Waals surface area contributed by atoms with Gasteiger partial charge in [0.1, 0.15) is 4.88 Å². The topological polar surface area (TPSA) is 81.4 Å². The number of ether oxygens (including phenoxy) is 1. The lowest BCUT2D eigenvalue weighted by Gasteiger charge is -2.12. The zero-order valence-electron chi connectivity index (χ0n) is 12.9. The summed E-state index contributed by atoms with van der Waals surface area (Å²) in [5, 5.41) is 8.20. The van der Waals surface area contributed by atoms with Crippen molar-refractivity contribution in [3.05, 3.63) is 33.6 Å². The third kappa shape index (κ3) is 3.94. The van der Waals surface area contributed by atoms with Crippen LogP contribution >= 0.6 is 11.3 Å². The number of hydrogen-bond donors (Lipinski definition) is 1. The van der Waals surface area contributed by atoms with Crippen molar-refractivity contribution < 1.29 is 18.8 Å². The lowest BCUT2D eigenvalue weighted by Crippen LogP contribution is -2.20. The summed E-state index contributed by atoms with van der Waals surface area (Å²) in [4.78, 5) is 24.1. The van der Waals surface area contributed by atoms with E-state index in [2.05, 4.69) is 10.5 Å². The fourth-order valence-corrected chi connectivity index (χ4v) is 2.46. The Kier molecular flexibility index (Phi) is 4.65. The third-order valence-corrected chi connectivity index (χ3v) is 3.92. The van der Waals surface area contributed by atoms with Crippen LogP contribution in [0, 0.1) is 6.92 Å². The van der Waals surface area contributed by atoms with Gasteiger partial charge < -0.3 is 9.26 Å². The molecule has 0 aliphatic carbocycles. The number of rotatable bonds is 4. The van der Waals surface area contributed by atoms with Gasteiger partial charge >= 0.3 is 5.97 Å². The van der Waals surface area contributed by atoms with Gasteiger partial charge in [0.25, 0.3) is 5.91 Å². The van der Waals surface area contributed by atoms with E-state index in [1.54, 1.807) is 11.4 Å². The minimum absolute atomic E-state index is 0.171. The van der Waals surface area contributed by atoms with Gasteiger partial charge in [-0.3, -0.25) is 10.1 Å². The highest BCUT2D eigenvalue weighted by atomic mass is 32.1. The largest absolute Gasteiger partial charge is 0.451 e. The molecule has 22 heavy (non-hydrogen) atoms. The van der Waals surface area contributed by atoms with Crippen molar-refractivity contribution in [1.29, 1.82) is 0 Å². The number of carbonyl (C=O) groups excluding carboxylic acids is 2. The van der Waals surface area contributed by atoms with Gasteiger partial charge in [0.2, 0.25) is 5.88 Å². The Labute approximate surface area is 132 Å². The molecule has 1 amide bonds. The van der Waals surface area contributed by atoms with Crippen molar-refractivity contribution in [3.8, 4) is 0 Å². The number of nitrogens with zero attached hydrogens (tertiary/aromatic N) is 1. The molecule has 0 atom stereocenters. The molecule has 0 fully saturated rings. The number of amides is 1. The smallest absolute Gasteiger partial charge is 0.349 e. The fourth-order valence-electron chi connectivity index (χ4n) is 1.64. The van der Waals surface area contributed by atoms with Crippen LogP contribution < -0.4 is 5.32 Å². The van der Waals surface area contributed by atoms with Gasteiger partial charge in [0.15, 0.2) is 6.61 Å². The lowest BCUT2D eigenvalue weighted by molar-refractivity contribution is -0.119. The Bertz CT molecular complexity index is 682. The van der Waals surface area contributed by atoms with E-state index in [1.165, 1.54) is 11.3 Å². The van der Waals surface area contributed by atoms with Crippen LogP contribution in [0.5, 0.6) is 0 Å². The van der Waals surface area contributed by atoms with E-state index >= 15 is 0 Å². The monoisotopic (exact) mass is 322 g/mol. The molecule has 0 saturated carbocycles. The molecule has 0 aromatic carbocycles. The zero-order chi connectivity index (χ0) is 16.3. The number of aryl methyl sites for hydroxylation is 1. The Morgan fingerprint density at radius 2 is 2.14 bits per heavy atom. The number of nitrogens with one attached hydrogen (secondary N) is 1. The number of anilines is 1. The molecule has 0 spiro atoms. The first kappa shape index (κ1) is 16.2. The fraction of sp³-hybridized carbons (Fsp3) is 0.400. The molecule has 0 unspecified atom stereocenters. The van der Waals surface area contributed by atoms with E-state index < -0.39 is 11.9 Å². The molecule has 0 saturated heterocycles. The van der Waals surface area contributed by atoms with Gasteiger partial charge in [-0.25, -0.2) is 4.79 Å². The van der Waals surface area contributed by atoms with Gasteiger partial charge in [-0.15, -0.1) is 11.3 Å². The maximum absolute atomic E-state index is 11.8. The maximum atomic E-state index is 11.8. The lowest BCUT2D eigenvalue weighted by atomic mass is 9.92. The highest BCUT2D eigenvalue weighted by molar-refractivity contribution is 7.12. The average molecular weight is 322 g/mol. The summed E-state index contributed by atoms with van der Waals surface area (Å²) in [5.74, 6) is -0.743. The summed E-state index contributed by atoms with van der Waals surface area (Å²) in [6, 6.07) is 3.48. The van der Waals surface area contributed by atoms with E-state index in [1.807, 2.05) is 33.8 Å². The summed E-state index contributed by atoms with van der Waals surface area (Å²) in [7, 11) is 0. The highest BCUT2D eigenvalue weighted by Crippen LogP contribution is 2.23. The number of thiophene rings is 1. The second-order valence-corrected chi connectivity index (χ2v) is 6.80. The van der Waals surface area contributed by atoms with Crippen LogP contribution in [-0.2, 0) is 14.9 Å². The second-order valence-electron chi connectivity index (χ2n) is 5.88. The predicted octanol–water partition coefficient (Wildman–Crippen LogP) is 3.14. The molecule has 0 aliphatic rings. The molecule has 0 radical (unpaired) electrons. The van der Waals surface area contributed by atoms with E-state index in [9.17, 15) is 9.59 Å². The van der Waals surface area contributed by atoms with Crippen LogP contribution in [0.25, 0.3) is 0 Å². The Hall–Kier alpha value is -2.15. The highest BCUT2D eigenvalue weighted by Gasteiger charge is 2.20. The molecular formula is C15H18N2O4S. The molecule has 1 N–H and O–H groups in total. The normalized spacial score (nSPS) is 11.3. The first-order chi connectivity index (χ1) is 10.3. The molecular weight excluding hydrogens is 304 g/mol. The molecule has 6 nitrogen and oxygen atoms in total. The standard InChI is InChI=1S/C15H18N2O4S/c1-9-5-6-22-13(9)14(19)20-8-11(18)16-12-7-10(17-21-12)15(2,3)4/h5-7H,8H2,1-4H3,(H,16,18). The number of aromatic nitrogens is 1. The van der Waals surface area contributed by atoms with Gasteiger partial charge in [-0.2, -0.15) is 0 Å². The molecule has 7 heteroatoms. The van der Waals surface area contributed by atoms with Crippen LogP contribution in [0.15, 0.2) is 22.0 Å². The van der Waals surface area contributed by atoms with Gasteiger partial charge in [-0.05, 0) is 23.9 Å². The van der Waals surface area contributed by atoms with Crippen molar-refractivity contribution in [2.45, 2.75) is 33.1 Å². The number of esters is 1. The molecule has 2 aromatic heterocycles. The summed E-state index contributed by atoms with van der Waals surface area (Å²) in [6.45, 7) is 7.40. The maximum Gasteiger partial charge on any atom is 0.349 e. The molecule has 2 rings (SSSR count). The first-order valence-electron chi connectivity index (χ1n) is 6.75. The SMILES string of the molecule is Cc1ccsc1C(=O)OCC(=O)Nc1cc(C(C)(C)C)no1. The summed E-state index contributed by atoms with van der Waals surface area (Å²) < 4.78 is 10.0. The predicted molar refractivity (Wildman–Crippen MR) is 83.2 cm³/mol. The van der Waals surface area contributed by atoms with E-state index in [0.29, 0.717) is 4.88 Å². The van der Waals surface area contributed by atoms with Crippen LogP contribution in [0.1, 0.15) is 41.7 Å². The van der Waals surface area contributed by atoms with Crippen LogP contribution in [0.2, 0.25) is 0 Å². The summed E-state index contributed by atoms with van der Waals surface area (Å²) in [5.41, 5.74) is 1.39. The van der Waals surface area contributed by atoms with Crippen LogP contribution in [-0.4, -0.2) is 23.6 Å². The Morgan fingerprint density at radius 1 is 1.41 bits per heavy atom. The third-order valence-electron chi connectivity index (χ3n) is 2.92. The molecule has 0 bridgehead atoms. The zero-order valence-corrected chi connectivity index (χ0v) is 13.7. The number of hydrogen-bond acceptors (Lipinski definition) is 6. The summed E-state index contributed by atoms with van der Waals surface area (Å²) >= 11 is 1.28. The van der Waals surface area contributed by atoms with Crippen molar-refractivity contribution >= 4 is 29.1 Å². The Balaban J connectivity index is 1.87. The Morgan fingerprint density at radius 3 is 2.68 bits per heavy atom. The average Bonchev–Trinajstić information content (AvgIpc) is 3.04.